The molecule has 1 N–H and O–H groups in total. The Balaban J connectivity index is 1.81. The molecule has 150 valence electrons. The van der Waals surface area contributed by atoms with Crippen LogP contribution >= 0.6 is 11.8 Å². The van der Waals surface area contributed by atoms with Gasteiger partial charge in [0.25, 0.3) is 11.7 Å². The topological polar surface area (TPSA) is 69.2 Å². The zero-order valence-electron chi connectivity index (χ0n) is 15.4. The monoisotopic (exact) mass is 410 g/mol. The standard InChI is InChI=1S/C19H20F2N2O4S/c1-3-26-16-9-4-13(10-17(16)25-2)11-22-27-12-18(24)23-14-5-7-15(8-6-14)28-19(20)21/h4-11,19H,3,12H2,1-2H3,(H,23,24)/b22-11+. The Morgan fingerprint density at radius 1 is 1.21 bits per heavy atom. The maximum atomic E-state index is 12.3. The van der Waals surface area contributed by atoms with E-state index in [1.54, 1.807) is 25.3 Å². The summed E-state index contributed by atoms with van der Waals surface area (Å²) in [6, 6.07) is 11.4. The molecule has 0 spiro atoms. The van der Waals surface area contributed by atoms with Crippen molar-refractivity contribution in [1.29, 1.82) is 0 Å². The van der Waals surface area contributed by atoms with E-state index in [2.05, 4.69) is 10.5 Å². The highest BCUT2D eigenvalue weighted by atomic mass is 32.2. The van der Waals surface area contributed by atoms with E-state index in [1.165, 1.54) is 30.5 Å². The molecular formula is C19H20F2N2O4S. The molecule has 0 bridgehead atoms. The molecule has 6 nitrogen and oxygen atoms in total. The number of benzene rings is 2. The number of carbonyl (C=O) groups is 1. The molecule has 0 heterocycles. The fourth-order valence-electron chi connectivity index (χ4n) is 2.15. The average molecular weight is 410 g/mol. The highest BCUT2D eigenvalue weighted by molar-refractivity contribution is 7.99. The minimum absolute atomic E-state index is 0.293. The van der Waals surface area contributed by atoms with Crippen LogP contribution in [0.3, 0.4) is 0 Å². The van der Waals surface area contributed by atoms with E-state index in [0.717, 1.165) is 0 Å². The number of oxime groups is 1. The molecule has 28 heavy (non-hydrogen) atoms. The van der Waals surface area contributed by atoms with E-state index in [1.807, 2.05) is 6.92 Å². The van der Waals surface area contributed by atoms with Gasteiger partial charge in [-0.15, -0.1) is 0 Å². The first-order valence-electron chi connectivity index (χ1n) is 8.32. The first-order chi connectivity index (χ1) is 13.5. The van der Waals surface area contributed by atoms with Gasteiger partial charge in [0, 0.05) is 16.1 Å². The summed E-state index contributed by atoms with van der Waals surface area (Å²) in [5.74, 6) is -1.71. The molecule has 2 aromatic rings. The summed E-state index contributed by atoms with van der Waals surface area (Å²) in [5.41, 5.74) is 1.19. The van der Waals surface area contributed by atoms with Crippen molar-refractivity contribution in [2.45, 2.75) is 17.6 Å². The lowest BCUT2D eigenvalue weighted by Crippen LogP contribution is -2.16. The van der Waals surface area contributed by atoms with E-state index in [9.17, 15) is 13.6 Å². The minimum Gasteiger partial charge on any atom is -0.493 e. The second-order valence-electron chi connectivity index (χ2n) is 5.30. The van der Waals surface area contributed by atoms with Crippen LogP contribution in [0.1, 0.15) is 12.5 Å². The molecular weight excluding hydrogens is 390 g/mol. The van der Waals surface area contributed by atoms with E-state index in [0.29, 0.717) is 46.0 Å². The Morgan fingerprint density at radius 2 is 1.96 bits per heavy atom. The summed E-state index contributed by atoms with van der Waals surface area (Å²) in [4.78, 5) is 17.2. The first kappa shape index (κ1) is 21.5. The Morgan fingerprint density at radius 3 is 2.61 bits per heavy atom. The molecule has 1 amide bonds. The predicted octanol–water partition coefficient (Wildman–Crippen LogP) is 4.40. The van der Waals surface area contributed by atoms with Crippen molar-refractivity contribution < 1.29 is 27.9 Å². The molecule has 0 aliphatic carbocycles. The Bertz CT molecular complexity index is 801. The third kappa shape index (κ3) is 7.07. The number of anilines is 1. The molecule has 0 aromatic heterocycles. The van der Waals surface area contributed by atoms with E-state index >= 15 is 0 Å². The number of nitrogens with one attached hydrogen (secondary N) is 1. The van der Waals surface area contributed by atoms with Crippen LogP contribution in [-0.4, -0.2) is 38.2 Å². The summed E-state index contributed by atoms with van der Waals surface area (Å²) in [5, 5.41) is 6.34. The van der Waals surface area contributed by atoms with Crippen LogP contribution in [0, 0.1) is 0 Å². The van der Waals surface area contributed by atoms with Gasteiger partial charge >= 0.3 is 0 Å². The van der Waals surface area contributed by atoms with E-state index < -0.39 is 11.7 Å². The van der Waals surface area contributed by atoms with E-state index in [4.69, 9.17) is 14.3 Å². The van der Waals surface area contributed by atoms with Crippen molar-refractivity contribution in [3.63, 3.8) is 0 Å². The van der Waals surface area contributed by atoms with Crippen LogP contribution in [0.15, 0.2) is 52.5 Å². The highest BCUT2D eigenvalue weighted by Crippen LogP contribution is 2.27. The van der Waals surface area contributed by atoms with Crippen molar-refractivity contribution in [1.82, 2.24) is 0 Å². The van der Waals surface area contributed by atoms with Crippen LogP contribution in [0.4, 0.5) is 14.5 Å². The molecule has 9 heteroatoms. The lowest BCUT2D eigenvalue weighted by Gasteiger charge is -2.09. The van der Waals surface area contributed by atoms with Crippen LogP contribution in [0.25, 0.3) is 0 Å². The largest absolute Gasteiger partial charge is 0.493 e. The maximum Gasteiger partial charge on any atom is 0.288 e. The SMILES string of the molecule is CCOc1ccc(/C=N/OCC(=O)Nc2ccc(SC(F)F)cc2)cc1OC. The number of nitrogens with zero attached hydrogens (tertiary/aromatic N) is 1. The third-order valence-corrected chi connectivity index (χ3v) is 4.05. The summed E-state index contributed by atoms with van der Waals surface area (Å²) < 4.78 is 35.2. The molecule has 0 atom stereocenters. The molecule has 0 fully saturated rings. The van der Waals surface area contributed by atoms with Gasteiger partial charge in [-0.2, -0.15) is 8.78 Å². The lowest BCUT2D eigenvalue weighted by molar-refractivity contribution is -0.120. The van der Waals surface area contributed by atoms with Gasteiger partial charge in [0.2, 0.25) is 0 Å². The van der Waals surface area contributed by atoms with Crippen LogP contribution in [-0.2, 0) is 9.63 Å². The van der Waals surface area contributed by atoms with Crippen molar-refractivity contribution in [2.75, 3.05) is 25.6 Å². The minimum atomic E-state index is -2.48. The van der Waals surface area contributed by atoms with Gasteiger partial charge in [0.05, 0.1) is 19.9 Å². The number of carbonyl (C=O) groups excluding carboxylic acids is 1. The van der Waals surface area contributed by atoms with Gasteiger partial charge in [-0.1, -0.05) is 16.9 Å². The van der Waals surface area contributed by atoms with Crippen molar-refractivity contribution >= 4 is 29.6 Å². The third-order valence-electron chi connectivity index (χ3n) is 3.32. The smallest absolute Gasteiger partial charge is 0.288 e. The molecule has 2 aromatic carbocycles. The molecule has 2 rings (SSSR count). The normalized spacial score (nSPS) is 10.9. The first-order valence-corrected chi connectivity index (χ1v) is 9.20. The second kappa shape index (κ2) is 11.1. The molecule has 0 saturated carbocycles. The second-order valence-corrected chi connectivity index (χ2v) is 6.37. The lowest BCUT2D eigenvalue weighted by atomic mass is 10.2. The molecule has 0 aliphatic rings. The summed E-state index contributed by atoms with van der Waals surface area (Å²) in [6.07, 6.45) is 1.45. The summed E-state index contributed by atoms with van der Waals surface area (Å²) in [6.45, 7) is 2.11. The predicted molar refractivity (Wildman–Crippen MR) is 105 cm³/mol. The van der Waals surface area contributed by atoms with Gasteiger partial charge in [-0.3, -0.25) is 4.79 Å². The van der Waals surface area contributed by atoms with E-state index in [-0.39, 0.29) is 6.61 Å². The average Bonchev–Trinajstić information content (AvgIpc) is 2.67. The van der Waals surface area contributed by atoms with Crippen LogP contribution < -0.4 is 14.8 Å². The number of halogens is 2. The molecule has 0 radical (unpaired) electrons. The van der Waals surface area contributed by atoms with Crippen molar-refractivity contribution in [2.24, 2.45) is 5.16 Å². The number of ether oxygens (including phenoxy) is 2. The number of alkyl halides is 2. The molecule has 0 saturated heterocycles. The number of hydrogen-bond acceptors (Lipinski definition) is 6. The zero-order valence-corrected chi connectivity index (χ0v) is 16.2. The maximum absolute atomic E-state index is 12.3. The number of rotatable bonds is 10. The van der Waals surface area contributed by atoms with Crippen LogP contribution in [0.5, 0.6) is 11.5 Å². The van der Waals surface area contributed by atoms with Crippen LogP contribution in [0.2, 0.25) is 0 Å². The Hall–Kier alpha value is -2.81. The molecule has 0 aliphatic heterocycles. The van der Waals surface area contributed by atoms with Crippen molar-refractivity contribution in [3.8, 4) is 11.5 Å². The highest BCUT2D eigenvalue weighted by Gasteiger charge is 2.07. The van der Waals surface area contributed by atoms with Gasteiger partial charge in [-0.25, -0.2) is 0 Å². The van der Waals surface area contributed by atoms with Gasteiger partial charge in [-0.05, 0) is 49.4 Å². The summed E-state index contributed by atoms with van der Waals surface area (Å²) >= 11 is 0.440. The van der Waals surface area contributed by atoms with Gasteiger partial charge in [0.15, 0.2) is 18.1 Å². The zero-order chi connectivity index (χ0) is 20.4. The number of thioether (sulfide) groups is 1. The molecule has 0 unspecified atom stereocenters. The number of hydrogen-bond donors (Lipinski definition) is 1. The van der Waals surface area contributed by atoms with Crippen molar-refractivity contribution in [3.05, 3.63) is 48.0 Å². The summed E-state index contributed by atoms with van der Waals surface area (Å²) in [7, 11) is 1.54. The number of amides is 1. The fraction of sp³-hybridized carbons (Fsp3) is 0.263. The fourth-order valence-corrected chi connectivity index (χ4v) is 2.65. The number of methoxy groups -OCH3 is 1. The van der Waals surface area contributed by atoms with Gasteiger partial charge in [0.1, 0.15) is 0 Å². The quantitative estimate of drug-likeness (QED) is 0.357. The Labute approximate surface area is 165 Å². The van der Waals surface area contributed by atoms with Gasteiger partial charge < -0.3 is 19.6 Å². The Kier molecular flexibility index (Phi) is 8.54.